The fourth-order valence-electron chi connectivity index (χ4n) is 6.32. The van der Waals surface area contributed by atoms with Gasteiger partial charge in [-0.05, 0) is 86.7 Å². The first kappa shape index (κ1) is 33.3. The zero-order valence-electron chi connectivity index (χ0n) is 25.5. The van der Waals surface area contributed by atoms with Crippen LogP contribution in [0.25, 0.3) is 0 Å². The van der Waals surface area contributed by atoms with Crippen molar-refractivity contribution in [2.45, 2.75) is 63.6 Å². The quantitative estimate of drug-likeness (QED) is 0.346. The standard InChI is InChI=1S/C33H43ClF3N3O3/c1-22(2)25-6-5-7-26(19-25)32(43,33(35,36)37)30(41)21-39-14-10-23(11-15-39)18-24-12-16-40(17-13-24)27-8-9-28(29(34)20-27)31(42)38(3)4/h5-9,19-20,22-24,43H,10-18,21H2,1-4H3. The molecule has 2 saturated heterocycles. The number of piperidine rings is 2. The molecular weight excluding hydrogens is 579 g/mol. The highest BCUT2D eigenvalue weighted by Crippen LogP contribution is 2.41. The molecule has 0 radical (unpaired) electrons. The van der Waals surface area contributed by atoms with Crippen molar-refractivity contribution in [2.75, 3.05) is 51.7 Å². The summed E-state index contributed by atoms with van der Waals surface area (Å²) in [6.07, 6.45) is -0.369. The van der Waals surface area contributed by atoms with Gasteiger partial charge in [0.25, 0.3) is 5.91 Å². The fourth-order valence-corrected chi connectivity index (χ4v) is 6.57. The van der Waals surface area contributed by atoms with Crippen LogP contribution < -0.4 is 4.90 Å². The lowest BCUT2D eigenvalue weighted by Gasteiger charge is -2.38. The molecule has 0 aliphatic carbocycles. The molecule has 10 heteroatoms. The van der Waals surface area contributed by atoms with Crippen molar-refractivity contribution >= 4 is 29.0 Å². The zero-order valence-corrected chi connectivity index (χ0v) is 26.2. The lowest BCUT2D eigenvalue weighted by atomic mass is 9.82. The number of likely N-dealkylation sites (tertiary alicyclic amines) is 1. The number of hydrogen-bond donors (Lipinski definition) is 1. The highest BCUT2D eigenvalue weighted by atomic mass is 35.5. The number of hydrogen-bond acceptors (Lipinski definition) is 5. The summed E-state index contributed by atoms with van der Waals surface area (Å²) in [6, 6.07) is 11.2. The second-order valence-corrected chi connectivity index (χ2v) is 13.1. The number of Topliss-reactive ketones (excluding diaryl/α,β-unsaturated/α-hetero) is 1. The van der Waals surface area contributed by atoms with Gasteiger partial charge in [-0.3, -0.25) is 14.5 Å². The highest BCUT2D eigenvalue weighted by Gasteiger charge is 2.60. The van der Waals surface area contributed by atoms with Gasteiger partial charge >= 0.3 is 6.18 Å². The van der Waals surface area contributed by atoms with Crippen LogP contribution in [-0.4, -0.2) is 79.6 Å². The van der Waals surface area contributed by atoms with E-state index in [4.69, 9.17) is 11.6 Å². The molecule has 2 aliphatic heterocycles. The van der Waals surface area contributed by atoms with E-state index < -0.39 is 29.7 Å². The first-order valence-corrected chi connectivity index (χ1v) is 15.5. The van der Waals surface area contributed by atoms with Gasteiger partial charge in [-0.1, -0.05) is 49.7 Å². The van der Waals surface area contributed by atoms with Gasteiger partial charge in [-0.15, -0.1) is 0 Å². The van der Waals surface area contributed by atoms with Crippen LogP contribution in [0.15, 0.2) is 42.5 Å². The van der Waals surface area contributed by atoms with Crippen LogP contribution in [0.2, 0.25) is 5.02 Å². The van der Waals surface area contributed by atoms with Crippen LogP contribution in [0, 0.1) is 11.8 Å². The molecule has 1 unspecified atom stereocenters. The number of amides is 1. The third kappa shape index (κ3) is 7.55. The van der Waals surface area contributed by atoms with Crippen molar-refractivity contribution < 1.29 is 27.9 Å². The molecule has 236 valence electrons. The lowest BCUT2D eigenvalue weighted by molar-refractivity contribution is -0.256. The van der Waals surface area contributed by atoms with Gasteiger partial charge in [0.2, 0.25) is 5.60 Å². The minimum Gasteiger partial charge on any atom is -0.371 e. The zero-order chi connectivity index (χ0) is 31.5. The first-order valence-electron chi connectivity index (χ1n) is 15.1. The second-order valence-electron chi connectivity index (χ2n) is 12.7. The molecule has 6 nitrogen and oxygen atoms in total. The third-order valence-electron chi connectivity index (χ3n) is 9.09. The molecule has 2 heterocycles. The van der Waals surface area contributed by atoms with Gasteiger partial charge in [-0.25, -0.2) is 0 Å². The molecule has 1 amide bonds. The first-order chi connectivity index (χ1) is 20.2. The molecule has 2 aromatic carbocycles. The number of carbonyl (C=O) groups is 2. The van der Waals surface area contributed by atoms with Crippen molar-refractivity contribution in [1.82, 2.24) is 9.80 Å². The maximum Gasteiger partial charge on any atom is 0.428 e. The molecule has 4 rings (SSSR count). The Balaban J connectivity index is 1.28. The summed E-state index contributed by atoms with van der Waals surface area (Å²) in [7, 11) is 3.39. The second kappa shape index (κ2) is 13.6. The Labute approximate surface area is 257 Å². The topological polar surface area (TPSA) is 64.1 Å². The van der Waals surface area contributed by atoms with Crippen molar-refractivity contribution in [3.05, 3.63) is 64.2 Å². The number of alkyl halides is 3. The highest BCUT2D eigenvalue weighted by molar-refractivity contribution is 6.34. The summed E-state index contributed by atoms with van der Waals surface area (Å²) in [6.45, 7) is 6.12. The molecule has 0 spiro atoms. The number of anilines is 1. The summed E-state index contributed by atoms with van der Waals surface area (Å²) in [4.78, 5) is 30.9. The summed E-state index contributed by atoms with van der Waals surface area (Å²) in [5.41, 5.74) is -1.82. The molecule has 0 bridgehead atoms. The van der Waals surface area contributed by atoms with Gasteiger partial charge in [0.15, 0.2) is 5.78 Å². The van der Waals surface area contributed by atoms with Crippen LogP contribution in [0.1, 0.15) is 73.4 Å². The number of nitrogens with zero attached hydrogens (tertiary/aromatic N) is 3. The van der Waals surface area contributed by atoms with Gasteiger partial charge in [-0.2, -0.15) is 13.2 Å². The Morgan fingerprint density at radius 1 is 0.977 bits per heavy atom. The predicted molar refractivity (Wildman–Crippen MR) is 164 cm³/mol. The van der Waals surface area contributed by atoms with E-state index in [9.17, 15) is 27.9 Å². The Morgan fingerprint density at radius 2 is 1.58 bits per heavy atom. The summed E-state index contributed by atoms with van der Waals surface area (Å²) >= 11 is 6.42. The molecule has 1 N–H and O–H groups in total. The average Bonchev–Trinajstić information content (AvgIpc) is 2.97. The monoisotopic (exact) mass is 621 g/mol. The van der Waals surface area contributed by atoms with Gasteiger partial charge in [0, 0.05) is 38.4 Å². The normalized spacial score (nSPS) is 19.0. The maximum absolute atomic E-state index is 14.2. The minimum absolute atomic E-state index is 0.0381. The molecule has 43 heavy (non-hydrogen) atoms. The molecular formula is C33H43ClF3N3O3. The summed E-state index contributed by atoms with van der Waals surface area (Å²) in [5.74, 6) is -0.381. The van der Waals surface area contributed by atoms with E-state index in [0.29, 0.717) is 41.1 Å². The average molecular weight is 622 g/mol. The summed E-state index contributed by atoms with van der Waals surface area (Å²) < 4.78 is 42.5. The van der Waals surface area contributed by atoms with E-state index >= 15 is 0 Å². The number of benzene rings is 2. The molecule has 2 fully saturated rings. The van der Waals surface area contributed by atoms with Gasteiger partial charge in [0.1, 0.15) is 0 Å². The smallest absolute Gasteiger partial charge is 0.371 e. The Bertz CT molecular complexity index is 1290. The van der Waals surface area contributed by atoms with Crippen molar-refractivity contribution in [3.8, 4) is 0 Å². The van der Waals surface area contributed by atoms with E-state index in [-0.39, 0.29) is 11.8 Å². The Kier molecular flexibility index (Phi) is 10.5. The van der Waals surface area contributed by atoms with Crippen molar-refractivity contribution in [3.63, 3.8) is 0 Å². The van der Waals surface area contributed by atoms with Crippen LogP contribution in [-0.2, 0) is 10.4 Å². The van der Waals surface area contributed by atoms with Crippen LogP contribution in [0.3, 0.4) is 0 Å². The summed E-state index contributed by atoms with van der Waals surface area (Å²) in [5, 5.41) is 11.3. The lowest BCUT2D eigenvalue weighted by Crippen LogP contribution is -2.53. The third-order valence-corrected chi connectivity index (χ3v) is 9.41. The van der Waals surface area contributed by atoms with Crippen LogP contribution >= 0.6 is 11.6 Å². The number of carbonyl (C=O) groups excluding carboxylic acids is 2. The minimum atomic E-state index is -5.12. The van der Waals surface area contributed by atoms with E-state index in [0.717, 1.165) is 50.9 Å². The maximum atomic E-state index is 14.2. The van der Waals surface area contributed by atoms with E-state index in [1.807, 2.05) is 26.0 Å². The van der Waals surface area contributed by atoms with Crippen molar-refractivity contribution in [2.24, 2.45) is 11.8 Å². The molecule has 0 aromatic heterocycles. The predicted octanol–water partition coefficient (Wildman–Crippen LogP) is 6.50. The Morgan fingerprint density at radius 3 is 2.12 bits per heavy atom. The largest absolute Gasteiger partial charge is 0.428 e. The SMILES string of the molecule is CC(C)c1cccc(C(O)(C(=O)CN2CCC(CC3CCN(c4ccc(C(=O)N(C)C)c(Cl)c4)CC3)CC2)C(F)(F)F)c1. The fraction of sp³-hybridized carbons (Fsp3) is 0.576. The van der Waals surface area contributed by atoms with E-state index in [1.54, 1.807) is 31.1 Å². The number of rotatable bonds is 9. The van der Waals surface area contributed by atoms with Gasteiger partial charge < -0.3 is 14.9 Å². The van der Waals surface area contributed by atoms with Crippen LogP contribution in [0.4, 0.5) is 18.9 Å². The van der Waals surface area contributed by atoms with E-state index in [2.05, 4.69) is 4.90 Å². The van der Waals surface area contributed by atoms with Crippen molar-refractivity contribution in [1.29, 1.82) is 0 Å². The number of halogens is 4. The van der Waals surface area contributed by atoms with Gasteiger partial charge in [0.05, 0.1) is 17.1 Å². The molecule has 2 aliphatic rings. The molecule has 2 aromatic rings. The molecule has 0 saturated carbocycles. The number of ketones is 1. The van der Waals surface area contributed by atoms with E-state index in [1.165, 1.54) is 23.1 Å². The number of aliphatic hydroxyl groups is 1. The molecule has 1 atom stereocenters. The van der Waals surface area contributed by atoms with Crippen LogP contribution in [0.5, 0.6) is 0 Å². The Hall–Kier alpha value is -2.62.